The molecule has 1 spiro atoms. The molecule has 2 atom stereocenters. The Balaban J connectivity index is 1.39. The number of carbonyl (C=O) groups is 1. The molecule has 6 heteroatoms. The van der Waals surface area contributed by atoms with Gasteiger partial charge in [0.25, 0.3) is 5.91 Å². The van der Waals surface area contributed by atoms with Crippen molar-refractivity contribution in [1.82, 2.24) is 4.90 Å². The Morgan fingerprint density at radius 2 is 1.71 bits per heavy atom. The number of piperazine rings is 1. The lowest BCUT2D eigenvalue weighted by Crippen LogP contribution is -2.66. The number of nitrogens with zero attached hydrogens (tertiary/aromatic N) is 4. The molecule has 6 rings (SSSR count). The van der Waals surface area contributed by atoms with Crippen molar-refractivity contribution in [3.8, 4) is 0 Å². The van der Waals surface area contributed by atoms with Crippen molar-refractivity contribution in [2.75, 3.05) is 29.5 Å². The Morgan fingerprint density at radius 3 is 2.50 bits per heavy atom. The molecule has 5 nitrogen and oxygen atoms in total. The first-order valence-electron chi connectivity index (χ1n) is 11.8. The summed E-state index contributed by atoms with van der Waals surface area (Å²) in [5.74, 6) is 0.0541. The zero-order valence-electron chi connectivity index (χ0n) is 19.2. The SMILES string of the molecule is CC1=NN(c2ccc(Cl)cc2)C(=O)[C@@]12Cc1ccccc1N1CCN(Cc3ccccc3)C[C@@H]12. The van der Waals surface area contributed by atoms with Crippen LogP contribution in [0.5, 0.6) is 0 Å². The Labute approximate surface area is 205 Å². The normalized spacial score (nSPS) is 24.2. The number of para-hydroxylation sites is 1. The molecule has 1 saturated heterocycles. The first kappa shape index (κ1) is 21.4. The standard InChI is InChI=1S/C28H27ClN4O/c1-20-28(27(34)33(30-20)24-13-11-23(29)12-14-24)17-22-9-5-6-10-25(22)32-16-15-31(19-26(28)32)18-21-7-3-2-4-8-21/h2-14,26H,15-19H2,1H3/t26-,28+/m1/s1. The third-order valence-corrected chi connectivity index (χ3v) is 7.85. The lowest BCUT2D eigenvalue weighted by Gasteiger charge is -2.53. The highest BCUT2D eigenvalue weighted by molar-refractivity contribution is 6.30. The molecular formula is C28H27ClN4O. The number of benzene rings is 3. The van der Waals surface area contributed by atoms with Gasteiger partial charge in [0.05, 0.1) is 17.4 Å². The van der Waals surface area contributed by atoms with Crippen LogP contribution < -0.4 is 9.91 Å². The van der Waals surface area contributed by atoms with Crippen LogP contribution in [0.25, 0.3) is 0 Å². The predicted molar refractivity (Wildman–Crippen MR) is 137 cm³/mol. The Bertz CT molecular complexity index is 1260. The minimum Gasteiger partial charge on any atom is -0.364 e. The summed E-state index contributed by atoms with van der Waals surface area (Å²) < 4.78 is 0. The van der Waals surface area contributed by atoms with E-state index in [0.29, 0.717) is 11.4 Å². The molecule has 3 aromatic rings. The van der Waals surface area contributed by atoms with E-state index >= 15 is 0 Å². The highest BCUT2D eigenvalue weighted by Gasteiger charge is 2.59. The van der Waals surface area contributed by atoms with E-state index in [4.69, 9.17) is 16.7 Å². The second-order valence-corrected chi connectivity index (χ2v) is 9.92. The maximum absolute atomic E-state index is 14.2. The zero-order chi connectivity index (χ0) is 23.3. The molecule has 1 fully saturated rings. The molecule has 172 valence electrons. The Morgan fingerprint density at radius 1 is 0.971 bits per heavy atom. The second kappa shape index (κ2) is 8.26. The number of hydrazone groups is 1. The fraction of sp³-hybridized carbons (Fsp3) is 0.286. The van der Waals surface area contributed by atoms with Crippen molar-refractivity contribution in [1.29, 1.82) is 0 Å². The Kier molecular flexibility index (Phi) is 5.19. The van der Waals surface area contributed by atoms with Gasteiger partial charge in [0, 0.05) is 36.9 Å². The van der Waals surface area contributed by atoms with E-state index < -0.39 is 5.41 Å². The fourth-order valence-electron chi connectivity index (χ4n) is 5.87. The van der Waals surface area contributed by atoms with Crippen LogP contribution in [-0.4, -0.2) is 42.2 Å². The summed E-state index contributed by atoms with van der Waals surface area (Å²) in [6, 6.07) is 26.5. The van der Waals surface area contributed by atoms with Crippen LogP contribution in [0.2, 0.25) is 5.02 Å². The maximum Gasteiger partial charge on any atom is 0.261 e. The molecular weight excluding hydrogens is 444 g/mol. The van der Waals surface area contributed by atoms with Gasteiger partial charge in [-0.25, -0.2) is 0 Å². The van der Waals surface area contributed by atoms with Gasteiger partial charge < -0.3 is 4.90 Å². The van der Waals surface area contributed by atoms with Gasteiger partial charge in [-0.2, -0.15) is 10.1 Å². The average Bonchev–Trinajstić information content (AvgIpc) is 3.11. The molecule has 0 N–H and O–H groups in total. The van der Waals surface area contributed by atoms with E-state index in [0.717, 1.165) is 37.6 Å². The van der Waals surface area contributed by atoms with Gasteiger partial charge in [-0.15, -0.1) is 0 Å². The number of rotatable bonds is 3. The molecule has 3 aliphatic rings. The average molecular weight is 471 g/mol. The first-order chi connectivity index (χ1) is 16.6. The summed E-state index contributed by atoms with van der Waals surface area (Å²) in [4.78, 5) is 19.2. The smallest absolute Gasteiger partial charge is 0.261 e. The van der Waals surface area contributed by atoms with Gasteiger partial charge in [-0.05, 0) is 54.8 Å². The number of amides is 1. The predicted octanol–water partition coefficient (Wildman–Crippen LogP) is 5.00. The fourth-order valence-corrected chi connectivity index (χ4v) is 5.99. The summed E-state index contributed by atoms with van der Waals surface area (Å²) in [6.07, 6.45) is 0.668. The topological polar surface area (TPSA) is 39.2 Å². The molecule has 0 bridgehead atoms. The van der Waals surface area contributed by atoms with Gasteiger partial charge in [-0.3, -0.25) is 9.69 Å². The lowest BCUT2D eigenvalue weighted by atomic mass is 9.67. The van der Waals surface area contributed by atoms with Crippen molar-refractivity contribution in [2.24, 2.45) is 10.5 Å². The number of halogens is 1. The monoisotopic (exact) mass is 470 g/mol. The first-order valence-corrected chi connectivity index (χ1v) is 12.2. The molecule has 3 aliphatic heterocycles. The van der Waals surface area contributed by atoms with Crippen molar-refractivity contribution in [3.05, 3.63) is 95.0 Å². The molecule has 0 radical (unpaired) electrons. The maximum atomic E-state index is 14.2. The molecule has 34 heavy (non-hydrogen) atoms. The van der Waals surface area contributed by atoms with E-state index in [2.05, 4.69) is 64.4 Å². The summed E-state index contributed by atoms with van der Waals surface area (Å²) in [5, 5.41) is 7.07. The van der Waals surface area contributed by atoms with Crippen molar-refractivity contribution in [2.45, 2.75) is 25.9 Å². The van der Waals surface area contributed by atoms with E-state index in [1.165, 1.54) is 16.8 Å². The van der Waals surface area contributed by atoms with Gasteiger partial charge in [-0.1, -0.05) is 60.1 Å². The molecule has 1 amide bonds. The van der Waals surface area contributed by atoms with Gasteiger partial charge >= 0.3 is 0 Å². The Hall–Kier alpha value is -3.15. The third kappa shape index (κ3) is 3.34. The largest absolute Gasteiger partial charge is 0.364 e. The van der Waals surface area contributed by atoms with Crippen molar-refractivity contribution < 1.29 is 4.79 Å². The van der Waals surface area contributed by atoms with E-state index in [1.54, 1.807) is 5.01 Å². The van der Waals surface area contributed by atoms with Crippen LogP contribution >= 0.6 is 11.6 Å². The van der Waals surface area contributed by atoms with Crippen LogP contribution in [0.15, 0.2) is 84.0 Å². The summed E-state index contributed by atoms with van der Waals surface area (Å²) in [7, 11) is 0. The summed E-state index contributed by atoms with van der Waals surface area (Å²) in [6.45, 7) is 5.57. The number of fused-ring (bicyclic) bond motifs is 4. The summed E-state index contributed by atoms with van der Waals surface area (Å²) >= 11 is 6.10. The summed E-state index contributed by atoms with van der Waals surface area (Å²) in [5.41, 5.74) is 4.72. The van der Waals surface area contributed by atoms with Gasteiger partial charge in [0.1, 0.15) is 5.41 Å². The highest BCUT2D eigenvalue weighted by Crippen LogP contribution is 2.48. The van der Waals surface area contributed by atoms with E-state index in [9.17, 15) is 4.79 Å². The number of anilines is 2. The van der Waals surface area contributed by atoms with Crippen LogP contribution in [0, 0.1) is 5.41 Å². The van der Waals surface area contributed by atoms with Crippen molar-refractivity contribution in [3.63, 3.8) is 0 Å². The number of hydrogen-bond donors (Lipinski definition) is 0. The molecule has 3 aromatic carbocycles. The van der Waals surface area contributed by atoms with E-state index in [-0.39, 0.29) is 11.9 Å². The van der Waals surface area contributed by atoms with Crippen LogP contribution in [0.3, 0.4) is 0 Å². The molecule has 0 unspecified atom stereocenters. The second-order valence-electron chi connectivity index (χ2n) is 9.49. The van der Waals surface area contributed by atoms with Crippen molar-refractivity contribution >= 4 is 34.6 Å². The van der Waals surface area contributed by atoms with E-state index in [1.807, 2.05) is 31.2 Å². The molecule has 0 aliphatic carbocycles. The molecule has 0 saturated carbocycles. The van der Waals surface area contributed by atoms with Gasteiger partial charge in [0.15, 0.2) is 0 Å². The lowest BCUT2D eigenvalue weighted by molar-refractivity contribution is -0.125. The van der Waals surface area contributed by atoms with Crippen LogP contribution in [0.4, 0.5) is 11.4 Å². The van der Waals surface area contributed by atoms with Crippen LogP contribution in [0.1, 0.15) is 18.1 Å². The van der Waals surface area contributed by atoms with Gasteiger partial charge in [0.2, 0.25) is 0 Å². The molecule has 0 aromatic heterocycles. The molecule has 3 heterocycles. The number of hydrogen-bond acceptors (Lipinski definition) is 4. The minimum absolute atomic E-state index is 0.0217. The zero-order valence-corrected chi connectivity index (χ0v) is 19.9. The quantitative estimate of drug-likeness (QED) is 0.541. The highest BCUT2D eigenvalue weighted by atomic mass is 35.5. The van der Waals surface area contributed by atoms with Crippen LogP contribution in [-0.2, 0) is 17.8 Å². The number of carbonyl (C=O) groups excluding carboxylic acids is 1. The minimum atomic E-state index is -0.691. The third-order valence-electron chi connectivity index (χ3n) is 7.59.